The number of sulfonamides is 1. The first-order valence-electron chi connectivity index (χ1n) is 6.59. The van der Waals surface area contributed by atoms with E-state index in [2.05, 4.69) is 10.3 Å². The summed E-state index contributed by atoms with van der Waals surface area (Å²) in [5.74, 6) is 0.980. The van der Waals surface area contributed by atoms with E-state index < -0.39 is 10.0 Å². The van der Waals surface area contributed by atoms with Crippen LogP contribution in [0.5, 0.6) is 0 Å². The first-order valence-corrected chi connectivity index (χ1v) is 8.44. The van der Waals surface area contributed by atoms with E-state index >= 15 is 0 Å². The highest BCUT2D eigenvalue weighted by molar-refractivity contribution is 7.88. The number of nitrogens with zero attached hydrogens (tertiary/aromatic N) is 3. The van der Waals surface area contributed by atoms with Crippen LogP contribution in [0.15, 0.2) is 24.5 Å². The van der Waals surface area contributed by atoms with Crippen LogP contribution in [0.3, 0.4) is 0 Å². The van der Waals surface area contributed by atoms with Gasteiger partial charge < -0.3 is 9.72 Å². The van der Waals surface area contributed by atoms with Crippen molar-refractivity contribution in [3.8, 4) is 0 Å². The summed E-state index contributed by atoms with van der Waals surface area (Å²) in [5, 5.41) is 3.10. The fourth-order valence-corrected chi connectivity index (χ4v) is 3.60. The molecule has 1 fully saturated rings. The molecule has 20 heavy (non-hydrogen) atoms. The summed E-state index contributed by atoms with van der Waals surface area (Å²) in [6, 6.07) is 3.97. The second-order valence-electron chi connectivity index (χ2n) is 5.17. The minimum Gasteiger partial charge on any atom is -0.371 e. The molecule has 1 unspecified atom stereocenters. The van der Waals surface area contributed by atoms with Gasteiger partial charge in [-0.25, -0.2) is 17.7 Å². The van der Waals surface area contributed by atoms with Crippen molar-refractivity contribution in [3.05, 3.63) is 30.2 Å². The maximum absolute atomic E-state index is 11.6. The molecule has 0 saturated carbocycles. The second-order valence-corrected chi connectivity index (χ2v) is 7.15. The molecule has 2 aromatic heterocycles. The Morgan fingerprint density at radius 1 is 1.45 bits per heavy atom. The Balaban J connectivity index is 1.95. The first-order chi connectivity index (χ1) is 9.49. The molecule has 0 spiro atoms. The highest BCUT2D eigenvalue weighted by Gasteiger charge is 2.30. The minimum absolute atomic E-state index is 0.156. The van der Waals surface area contributed by atoms with Crippen LogP contribution in [0.25, 0.3) is 5.52 Å². The van der Waals surface area contributed by atoms with E-state index in [1.807, 2.05) is 36.0 Å². The van der Waals surface area contributed by atoms with Gasteiger partial charge in [-0.15, -0.1) is 0 Å². The van der Waals surface area contributed by atoms with Gasteiger partial charge in [0, 0.05) is 38.4 Å². The summed E-state index contributed by atoms with van der Waals surface area (Å²) < 4.78 is 26.7. The molecular formula is C13H18N4O2S. The SMILES string of the molecule is CNc1nc(C2CCN(S(C)(=O)=O)C2)cn2cccc12. The predicted molar refractivity (Wildman–Crippen MR) is 78.5 cm³/mol. The molecule has 6 nitrogen and oxygen atoms in total. The maximum Gasteiger partial charge on any atom is 0.211 e. The van der Waals surface area contributed by atoms with E-state index in [0.29, 0.717) is 13.1 Å². The van der Waals surface area contributed by atoms with Crippen molar-refractivity contribution in [2.45, 2.75) is 12.3 Å². The van der Waals surface area contributed by atoms with Crippen molar-refractivity contribution >= 4 is 21.4 Å². The van der Waals surface area contributed by atoms with Crippen LogP contribution < -0.4 is 5.32 Å². The lowest BCUT2D eigenvalue weighted by atomic mass is 10.1. The third kappa shape index (κ3) is 2.27. The van der Waals surface area contributed by atoms with E-state index in [0.717, 1.165) is 23.4 Å². The minimum atomic E-state index is -3.11. The third-order valence-corrected chi connectivity index (χ3v) is 5.08. The van der Waals surface area contributed by atoms with Gasteiger partial charge in [-0.05, 0) is 18.6 Å². The van der Waals surface area contributed by atoms with Crippen LogP contribution in [0.2, 0.25) is 0 Å². The number of hydrogen-bond donors (Lipinski definition) is 1. The first kappa shape index (κ1) is 13.4. The second kappa shape index (κ2) is 4.75. The zero-order chi connectivity index (χ0) is 14.3. The molecule has 1 aliphatic heterocycles. The lowest BCUT2D eigenvalue weighted by molar-refractivity contribution is 0.477. The van der Waals surface area contributed by atoms with Gasteiger partial charge in [0.1, 0.15) is 5.82 Å². The van der Waals surface area contributed by atoms with Crippen LogP contribution in [0.1, 0.15) is 18.0 Å². The van der Waals surface area contributed by atoms with Crippen LogP contribution >= 0.6 is 0 Å². The molecule has 108 valence electrons. The normalized spacial score (nSPS) is 20.6. The highest BCUT2D eigenvalue weighted by atomic mass is 32.2. The molecule has 1 N–H and O–H groups in total. The zero-order valence-electron chi connectivity index (χ0n) is 11.6. The van der Waals surface area contributed by atoms with Crippen molar-refractivity contribution in [1.82, 2.24) is 13.7 Å². The molecule has 3 heterocycles. The van der Waals surface area contributed by atoms with E-state index in [1.54, 1.807) is 0 Å². The van der Waals surface area contributed by atoms with E-state index in [-0.39, 0.29) is 5.92 Å². The number of hydrogen-bond acceptors (Lipinski definition) is 4. The molecule has 1 saturated heterocycles. The summed E-state index contributed by atoms with van der Waals surface area (Å²) in [7, 11) is -1.26. The van der Waals surface area contributed by atoms with Crippen molar-refractivity contribution in [2.75, 3.05) is 31.7 Å². The quantitative estimate of drug-likeness (QED) is 0.921. The Morgan fingerprint density at radius 3 is 2.90 bits per heavy atom. The Morgan fingerprint density at radius 2 is 2.25 bits per heavy atom. The molecule has 0 aliphatic carbocycles. The average Bonchev–Trinajstić information content (AvgIpc) is 3.05. The third-order valence-electron chi connectivity index (χ3n) is 3.81. The average molecular weight is 294 g/mol. The molecular weight excluding hydrogens is 276 g/mol. The number of anilines is 1. The highest BCUT2D eigenvalue weighted by Crippen LogP contribution is 2.29. The number of nitrogens with one attached hydrogen (secondary N) is 1. The Bertz CT molecular complexity index is 738. The lowest BCUT2D eigenvalue weighted by Gasteiger charge is -2.14. The van der Waals surface area contributed by atoms with Crippen molar-refractivity contribution in [2.24, 2.45) is 0 Å². The van der Waals surface area contributed by atoms with E-state index in [4.69, 9.17) is 0 Å². The molecule has 1 atom stereocenters. The maximum atomic E-state index is 11.6. The summed E-state index contributed by atoms with van der Waals surface area (Å²) in [4.78, 5) is 4.64. The molecule has 1 aliphatic rings. The van der Waals surface area contributed by atoms with Crippen molar-refractivity contribution in [1.29, 1.82) is 0 Å². The molecule has 2 aromatic rings. The number of rotatable bonds is 3. The van der Waals surface area contributed by atoms with Crippen LogP contribution in [-0.2, 0) is 10.0 Å². The van der Waals surface area contributed by atoms with Crippen molar-refractivity contribution < 1.29 is 8.42 Å². The standard InChI is InChI=1S/C13H18N4O2S/c1-14-13-12-4-3-6-16(12)9-11(15-13)10-5-7-17(8-10)20(2,18)19/h3-4,6,9-10H,5,7-8H2,1-2H3,(H,14,15). The smallest absolute Gasteiger partial charge is 0.211 e. The molecule has 0 bridgehead atoms. The summed E-state index contributed by atoms with van der Waals surface area (Å²) in [6.45, 7) is 1.09. The fourth-order valence-electron chi connectivity index (χ4n) is 2.72. The Kier molecular flexibility index (Phi) is 3.18. The van der Waals surface area contributed by atoms with Crippen molar-refractivity contribution in [3.63, 3.8) is 0 Å². The van der Waals surface area contributed by atoms with Gasteiger partial charge in [-0.3, -0.25) is 0 Å². The lowest BCUT2D eigenvalue weighted by Crippen LogP contribution is -2.27. The fraction of sp³-hybridized carbons (Fsp3) is 0.462. The molecule has 3 rings (SSSR count). The van der Waals surface area contributed by atoms with Crippen LogP contribution in [-0.4, -0.2) is 48.5 Å². The van der Waals surface area contributed by atoms with Gasteiger partial charge in [-0.1, -0.05) is 0 Å². The van der Waals surface area contributed by atoms with Gasteiger partial charge in [0.15, 0.2) is 0 Å². The Labute approximate surface area is 118 Å². The molecule has 0 amide bonds. The monoisotopic (exact) mass is 294 g/mol. The van der Waals surface area contributed by atoms with E-state index in [1.165, 1.54) is 10.6 Å². The van der Waals surface area contributed by atoms with Gasteiger partial charge >= 0.3 is 0 Å². The summed E-state index contributed by atoms with van der Waals surface area (Å²) >= 11 is 0. The summed E-state index contributed by atoms with van der Waals surface area (Å²) in [6.07, 6.45) is 6.05. The zero-order valence-corrected chi connectivity index (χ0v) is 12.4. The molecule has 7 heteroatoms. The number of fused-ring (bicyclic) bond motifs is 1. The van der Waals surface area contributed by atoms with Gasteiger partial charge in [0.25, 0.3) is 0 Å². The molecule has 0 aromatic carbocycles. The van der Waals surface area contributed by atoms with Gasteiger partial charge in [0.05, 0.1) is 17.5 Å². The number of aromatic nitrogens is 2. The van der Waals surface area contributed by atoms with E-state index in [9.17, 15) is 8.42 Å². The topological polar surface area (TPSA) is 66.7 Å². The van der Waals surface area contributed by atoms with Crippen LogP contribution in [0, 0.1) is 0 Å². The largest absolute Gasteiger partial charge is 0.371 e. The predicted octanol–water partition coefficient (Wildman–Crippen LogP) is 1.12. The summed E-state index contributed by atoms with van der Waals surface area (Å²) in [5.41, 5.74) is 1.96. The van der Waals surface area contributed by atoms with Gasteiger partial charge in [-0.2, -0.15) is 0 Å². The van der Waals surface area contributed by atoms with Crippen LogP contribution in [0.4, 0.5) is 5.82 Å². The van der Waals surface area contributed by atoms with Gasteiger partial charge in [0.2, 0.25) is 10.0 Å². The molecule has 0 radical (unpaired) electrons. The Hall–Kier alpha value is -1.60.